The maximum absolute atomic E-state index is 4.36. The number of hydrogen-bond acceptors (Lipinski definition) is 5. The summed E-state index contributed by atoms with van der Waals surface area (Å²) >= 11 is 0. The highest BCUT2D eigenvalue weighted by atomic mass is 15.5. The van der Waals surface area contributed by atoms with Gasteiger partial charge in [-0.1, -0.05) is 13.3 Å². The van der Waals surface area contributed by atoms with Crippen LogP contribution in [0.5, 0.6) is 0 Å². The molecule has 0 fully saturated rings. The second-order valence-corrected chi connectivity index (χ2v) is 4.56. The number of hydrazone groups is 1. The second-order valence-electron chi connectivity index (χ2n) is 4.56. The van der Waals surface area contributed by atoms with Crippen LogP contribution >= 0.6 is 0 Å². The first-order valence-electron chi connectivity index (χ1n) is 6.78. The summed E-state index contributed by atoms with van der Waals surface area (Å²) in [5, 5.41) is 14.5. The van der Waals surface area contributed by atoms with Crippen LogP contribution < -0.4 is 5.01 Å². The number of rotatable bonds is 6. The minimum absolute atomic E-state index is 0.698. The lowest BCUT2D eigenvalue weighted by Crippen LogP contribution is -2.14. The van der Waals surface area contributed by atoms with Crippen LogP contribution in [0.25, 0.3) is 0 Å². The summed E-state index contributed by atoms with van der Waals surface area (Å²) in [6.07, 6.45) is 9.28. The van der Waals surface area contributed by atoms with Gasteiger partial charge < -0.3 is 4.57 Å². The van der Waals surface area contributed by atoms with Gasteiger partial charge in [0, 0.05) is 25.7 Å². The average Bonchev–Trinajstić information content (AvgIpc) is 2.94. The third-order valence-electron chi connectivity index (χ3n) is 2.98. The first kappa shape index (κ1) is 14.2. The molecule has 0 N–H and O–H groups in total. The zero-order valence-corrected chi connectivity index (χ0v) is 12.2. The van der Waals surface area contributed by atoms with E-state index in [9.17, 15) is 0 Å². The minimum Gasteiger partial charge on any atom is -0.331 e. The van der Waals surface area contributed by atoms with Crippen LogP contribution in [0, 0.1) is 0 Å². The fourth-order valence-electron chi connectivity index (χ4n) is 2.01. The lowest BCUT2D eigenvalue weighted by Gasteiger charge is -2.14. The van der Waals surface area contributed by atoms with Crippen molar-refractivity contribution in [3.05, 3.63) is 36.0 Å². The summed E-state index contributed by atoms with van der Waals surface area (Å²) < 4.78 is 2.00. The average molecular weight is 272 g/mol. The Labute approximate surface area is 119 Å². The molecule has 0 atom stereocenters. The molecule has 0 aliphatic heterocycles. The number of nitrogens with zero attached hydrogens (tertiary/aromatic N) is 6. The van der Waals surface area contributed by atoms with Crippen LogP contribution in [-0.2, 0) is 13.0 Å². The molecule has 0 saturated carbocycles. The van der Waals surface area contributed by atoms with Gasteiger partial charge in [0.05, 0.1) is 18.6 Å². The van der Waals surface area contributed by atoms with Gasteiger partial charge in [-0.15, -0.1) is 5.10 Å². The van der Waals surface area contributed by atoms with Gasteiger partial charge in [-0.25, -0.2) is 9.99 Å². The van der Waals surface area contributed by atoms with Crippen LogP contribution in [0.3, 0.4) is 0 Å². The van der Waals surface area contributed by atoms with Gasteiger partial charge in [-0.05, 0) is 25.0 Å². The molecule has 0 saturated heterocycles. The van der Waals surface area contributed by atoms with Crippen LogP contribution in [0.1, 0.15) is 31.5 Å². The Morgan fingerprint density at radius 1 is 1.40 bits per heavy atom. The Kier molecular flexibility index (Phi) is 4.81. The molecule has 0 aliphatic carbocycles. The quantitative estimate of drug-likeness (QED) is 0.597. The second kappa shape index (κ2) is 6.79. The zero-order chi connectivity index (χ0) is 14.4. The predicted molar refractivity (Wildman–Crippen MR) is 79.9 cm³/mol. The molecule has 0 radical (unpaired) electrons. The molecule has 0 amide bonds. The molecule has 0 spiro atoms. The summed E-state index contributed by atoms with van der Waals surface area (Å²) in [5.41, 5.74) is 2.20. The molecule has 0 aliphatic rings. The van der Waals surface area contributed by atoms with Gasteiger partial charge >= 0.3 is 0 Å². The van der Waals surface area contributed by atoms with Crippen LogP contribution in [0.2, 0.25) is 0 Å². The monoisotopic (exact) mass is 272 g/mol. The van der Waals surface area contributed by atoms with E-state index in [1.54, 1.807) is 23.7 Å². The third kappa shape index (κ3) is 3.40. The number of anilines is 1. The molecule has 20 heavy (non-hydrogen) atoms. The van der Waals surface area contributed by atoms with Crippen LogP contribution in [0.4, 0.5) is 5.82 Å². The Bertz CT molecular complexity index is 561. The Hall–Kier alpha value is -2.24. The summed E-state index contributed by atoms with van der Waals surface area (Å²) in [6, 6.07) is 2.07. The van der Waals surface area contributed by atoms with Crippen LogP contribution in [-0.4, -0.2) is 33.0 Å². The van der Waals surface area contributed by atoms with Crippen molar-refractivity contribution in [2.45, 2.75) is 33.2 Å². The number of aromatic nitrogens is 4. The van der Waals surface area contributed by atoms with Crippen molar-refractivity contribution in [2.75, 3.05) is 12.1 Å². The van der Waals surface area contributed by atoms with E-state index in [-0.39, 0.29) is 0 Å². The molecule has 6 heteroatoms. The van der Waals surface area contributed by atoms with Crippen molar-refractivity contribution in [2.24, 2.45) is 5.10 Å². The summed E-state index contributed by atoms with van der Waals surface area (Å²) in [6.45, 7) is 4.74. The van der Waals surface area contributed by atoms with Crippen molar-refractivity contribution in [3.8, 4) is 0 Å². The number of hydrogen-bond donors (Lipinski definition) is 0. The normalized spacial score (nSPS) is 11.2. The van der Waals surface area contributed by atoms with Crippen LogP contribution in [0.15, 0.2) is 29.9 Å². The van der Waals surface area contributed by atoms with Crippen molar-refractivity contribution in [1.29, 1.82) is 0 Å². The summed E-state index contributed by atoms with van der Waals surface area (Å²) in [5.74, 6) is 0.765. The zero-order valence-electron chi connectivity index (χ0n) is 12.2. The molecular weight excluding hydrogens is 252 g/mol. The Balaban J connectivity index is 2.27. The highest BCUT2D eigenvalue weighted by Crippen LogP contribution is 2.16. The summed E-state index contributed by atoms with van der Waals surface area (Å²) in [7, 11) is 1.87. The van der Waals surface area contributed by atoms with Gasteiger partial charge in [0.25, 0.3) is 0 Å². The number of aryl methyl sites for hydroxylation is 1. The van der Waals surface area contributed by atoms with E-state index in [2.05, 4.69) is 33.3 Å². The molecule has 2 rings (SSSR count). The standard InChI is InChI=1S/C14H20N6/c1-4-6-12-9-14(19(3)16-5-2)18-17-13(12)10-20-8-7-15-11-20/h5,7-9,11H,4,6,10H2,1-3H3/b16-5-. The van der Waals surface area contributed by atoms with E-state index in [0.717, 1.165) is 24.4 Å². The minimum atomic E-state index is 0.698. The third-order valence-corrected chi connectivity index (χ3v) is 2.98. The van der Waals surface area contributed by atoms with E-state index in [0.29, 0.717) is 6.54 Å². The van der Waals surface area contributed by atoms with Crippen molar-refractivity contribution < 1.29 is 0 Å². The number of imidazole rings is 1. The first-order chi connectivity index (χ1) is 9.74. The molecule has 0 bridgehead atoms. The fraction of sp³-hybridized carbons (Fsp3) is 0.429. The van der Waals surface area contributed by atoms with Gasteiger partial charge in [0.15, 0.2) is 5.82 Å². The summed E-state index contributed by atoms with van der Waals surface area (Å²) in [4.78, 5) is 4.05. The maximum atomic E-state index is 4.36. The van der Waals surface area contributed by atoms with Crippen molar-refractivity contribution >= 4 is 12.0 Å². The highest BCUT2D eigenvalue weighted by molar-refractivity contribution is 5.56. The predicted octanol–water partition coefficient (Wildman–Crippen LogP) is 2.12. The largest absolute Gasteiger partial charge is 0.331 e. The van der Waals surface area contributed by atoms with E-state index >= 15 is 0 Å². The highest BCUT2D eigenvalue weighted by Gasteiger charge is 2.09. The van der Waals surface area contributed by atoms with E-state index in [4.69, 9.17) is 0 Å². The van der Waals surface area contributed by atoms with Crippen molar-refractivity contribution in [3.63, 3.8) is 0 Å². The lowest BCUT2D eigenvalue weighted by atomic mass is 10.1. The molecule has 2 aromatic heterocycles. The van der Waals surface area contributed by atoms with E-state index in [1.165, 1.54) is 5.56 Å². The molecular formula is C14H20N6. The molecule has 2 aromatic rings. The first-order valence-corrected chi connectivity index (χ1v) is 6.78. The fourth-order valence-corrected chi connectivity index (χ4v) is 2.01. The molecule has 106 valence electrons. The Morgan fingerprint density at radius 3 is 2.90 bits per heavy atom. The van der Waals surface area contributed by atoms with Gasteiger partial charge in [0.1, 0.15) is 0 Å². The molecule has 0 aromatic carbocycles. The van der Waals surface area contributed by atoms with Gasteiger partial charge in [-0.2, -0.15) is 10.2 Å². The molecule has 0 unspecified atom stereocenters. The smallest absolute Gasteiger partial charge is 0.171 e. The topological polar surface area (TPSA) is 59.2 Å². The molecule has 6 nitrogen and oxygen atoms in total. The Morgan fingerprint density at radius 2 is 2.25 bits per heavy atom. The van der Waals surface area contributed by atoms with Gasteiger partial charge in [0.2, 0.25) is 0 Å². The van der Waals surface area contributed by atoms with Crippen molar-refractivity contribution in [1.82, 2.24) is 19.7 Å². The van der Waals surface area contributed by atoms with E-state index < -0.39 is 0 Å². The van der Waals surface area contributed by atoms with Gasteiger partial charge in [-0.3, -0.25) is 0 Å². The molecule has 2 heterocycles. The lowest BCUT2D eigenvalue weighted by molar-refractivity contribution is 0.726. The maximum Gasteiger partial charge on any atom is 0.171 e. The SMILES string of the molecule is C/C=N\N(C)c1cc(CCC)c(Cn2ccnc2)nn1. The van der Waals surface area contributed by atoms with E-state index in [1.807, 2.05) is 24.7 Å².